The average molecular weight is 402 g/mol. The molecule has 1 aromatic carbocycles. The largest absolute Gasteiger partial charge is 0.351 e. The van der Waals surface area contributed by atoms with Crippen LogP contribution in [0.25, 0.3) is 0 Å². The summed E-state index contributed by atoms with van der Waals surface area (Å²) in [7, 11) is 0. The van der Waals surface area contributed by atoms with Gasteiger partial charge in [-0.15, -0.1) is 24.8 Å². The molecule has 0 unspecified atom stereocenters. The molecule has 26 heavy (non-hydrogen) atoms. The highest BCUT2D eigenvalue weighted by Gasteiger charge is 2.20. The number of amides is 1. The van der Waals surface area contributed by atoms with Crippen LogP contribution >= 0.6 is 24.8 Å². The lowest BCUT2D eigenvalue weighted by Crippen LogP contribution is -2.34. The summed E-state index contributed by atoms with van der Waals surface area (Å²) in [6.07, 6.45) is 8.06. The molecular formula is C20H33Cl2N3O. The highest BCUT2D eigenvalue weighted by Crippen LogP contribution is 2.27. The van der Waals surface area contributed by atoms with Crippen LogP contribution in [-0.4, -0.2) is 37.0 Å². The van der Waals surface area contributed by atoms with Gasteiger partial charge in [0, 0.05) is 13.1 Å². The van der Waals surface area contributed by atoms with Crippen molar-refractivity contribution in [3.8, 4) is 0 Å². The van der Waals surface area contributed by atoms with Crippen LogP contribution in [0.1, 0.15) is 49.7 Å². The fourth-order valence-corrected chi connectivity index (χ4v) is 3.29. The second-order valence-corrected chi connectivity index (χ2v) is 7.36. The van der Waals surface area contributed by atoms with Crippen molar-refractivity contribution in [3.63, 3.8) is 0 Å². The standard InChI is InChI=1S/C20H31N3O.2ClH/c24-20(15-21-13-17-5-6-17)22-14-18-7-9-19(10-8-18)16-23-11-3-1-2-4-12-23;;/h7-10,17,21H,1-6,11-16H2,(H,22,24);2*1H. The maximum atomic E-state index is 11.8. The van der Waals surface area contributed by atoms with Gasteiger partial charge in [-0.25, -0.2) is 0 Å². The first-order valence-corrected chi connectivity index (χ1v) is 9.57. The van der Waals surface area contributed by atoms with E-state index in [-0.39, 0.29) is 30.7 Å². The topological polar surface area (TPSA) is 44.4 Å². The van der Waals surface area contributed by atoms with Gasteiger partial charge >= 0.3 is 0 Å². The maximum absolute atomic E-state index is 11.8. The fourth-order valence-electron chi connectivity index (χ4n) is 3.29. The molecule has 0 radical (unpaired) electrons. The Kier molecular flexibility index (Phi) is 11.2. The molecule has 1 aliphatic carbocycles. The molecule has 148 valence electrons. The lowest BCUT2D eigenvalue weighted by Gasteiger charge is -2.19. The third kappa shape index (κ3) is 8.72. The molecule has 3 rings (SSSR count). The van der Waals surface area contributed by atoms with E-state index in [1.807, 2.05) is 0 Å². The Bertz CT molecular complexity index is 512. The predicted octanol–water partition coefficient (Wildman–Crippen LogP) is 3.52. The van der Waals surface area contributed by atoms with Gasteiger partial charge in [0.2, 0.25) is 5.91 Å². The number of hydrogen-bond donors (Lipinski definition) is 2. The molecule has 1 saturated carbocycles. The molecule has 0 aromatic heterocycles. The molecule has 6 heteroatoms. The highest BCUT2D eigenvalue weighted by atomic mass is 35.5. The van der Waals surface area contributed by atoms with E-state index < -0.39 is 0 Å². The van der Waals surface area contributed by atoms with Gasteiger partial charge in [-0.1, -0.05) is 37.1 Å². The zero-order valence-electron chi connectivity index (χ0n) is 15.5. The Hall–Kier alpha value is -0.810. The third-order valence-electron chi connectivity index (χ3n) is 5.03. The Morgan fingerprint density at radius 2 is 1.58 bits per heavy atom. The Morgan fingerprint density at radius 3 is 2.19 bits per heavy atom. The summed E-state index contributed by atoms with van der Waals surface area (Å²) < 4.78 is 0. The van der Waals surface area contributed by atoms with Gasteiger partial charge in [0.1, 0.15) is 0 Å². The van der Waals surface area contributed by atoms with E-state index in [1.54, 1.807) is 0 Å². The first kappa shape index (κ1) is 23.2. The fraction of sp³-hybridized carbons (Fsp3) is 0.650. The first-order valence-electron chi connectivity index (χ1n) is 9.57. The molecule has 4 nitrogen and oxygen atoms in total. The van der Waals surface area contributed by atoms with Gasteiger partial charge in [0.25, 0.3) is 0 Å². The minimum Gasteiger partial charge on any atom is -0.351 e. The summed E-state index contributed by atoms with van der Waals surface area (Å²) in [4.78, 5) is 14.4. The van der Waals surface area contributed by atoms with Gasteiger partial charge in [0.15, 0.2) is 0 Å². The first-order chi connectivity index (χ1) is 11.8. The quantitative estimate of drug-likeness (QED) is 0.699. The molecule has 0 atom stereocenters. The lowest BCUT2D eigenvalue weighted by atomic mass is 10.1. The molecule has 2 fully saturated rings. The molecule has 1 aliphatic heterocycles. The number of benzene rings is 1. The van der Waals surface area contributed by atoms with E-state index in [9.17, 15) is 4.79 Å². The number of halogens is 2. The van der Waals surface area contributed by atoms with Crippen LogP contribution in [0.15, 0.2) is 24.3 Å². The summed E-state index contributed by atoms with van der Waals surface area (Å²) in [6, 6.07) is 8.70. The average Bonchev–Trinajstić information content (AvgIpc) is 3.42. The van der Waals surface area contributed by atoms with Crippen molar-refractivity contribution >= 4 is 30.7 Å². The maximum Gasteiger partial charge on any atom is 0.234 e. The van der Waals surface area contributed by atoms with Gasteiger partial charge in [-0.3, -0.25) is 9.69 Å². The van der Waals surface area contributed by atoms with Gasteiger partial charge in [-0.2, -0.15) is 0 Å². The Labute approximate surface area is 170 Å². The van der Waals surface area contributed by atoms with Crippen molar-refractivity contribution in [2.75, 3.05) is 26.2 Å². The lowest BCUT2D eigenvalue weighted by molar-refractivity contribution is -0.120. The van der Waals surface area contributed by atoms with Crippen LogP contribution in [0.3, 0.4) is 0 Å². The summed E-state index contributed by atoms with van der Waals surface area (Å²) in [5.41, 5.74) is 2.54. The van der Waals surface area contributed by atoms with Crippen molar-refractivity contribution in [2.45, 2.75) is 51.6 Å². The van der Waals surface area contributed by atoms with E-state index in [0.29, 0.717) is 13.1 Å². The summed E-state index contributed by atoms with van der Waals surface area (Å²) >= 11 is 0. The van der Waals surface area contributed by atoms with Crippen LogP contribution < -0.4 is 10.6 Å². The van der Waals surface area contributed by atoms with Crippen LogP contribution in [0, 0.1) is 5.92 Å². The van der Waals surface area contributed by atoms with E-state index in [0.717, 1.165) is 19.0 Å². The number of nitrogens with one attached hydrogen (secondary N) is 2. The number of nitrogens with zero attached hydrogens (tertiary/aromatic N) is 1. The van der Waals surface area contributed by atoms with E-state index in [4.69, 9.17) is 0 Å². The van der Waals surface area contributed by atoms with Crippen LogP contribution in [0.2, 0.25) is 0 Å². The minimum absolute atomic E-state index is 0. The number of carbonyl (C=O) groups is 1. The van der Waals surface area contributed by atoms with Gasteiger partial charge in [-0.05, 0) is 62.4 Å². The Morgan fingerprint density at radius 1 is 0.962 bits per heavy atom. The van der Waals surface area contributed by atoms with Crippen molar-refractivity contribution in [2.24, 2.45) is 5.92 Å². The van der Waals surface area contributed by atoms with Crippen molar-refractivity contribution in [1.29, 1.82) is 0 Å². The molecule has 1 aromatic rings. The molecule has 0 spiro atoms. The third-order valence-corrected chi connectivity index (χ3v) is 5.03. The number of hydrogen-bond acceptors (Lipinski definition) is 3. The summed E-state index contributed by atoms with van der Waals surface area (Å²) in [6.45, 7) is 5.55. The van der Waals surface area contributed by atoms with Crippen molar-refractivity contribution in [1.82, 2.24) is 15.5 Å². The summed E-state index contributed by atoms with van der Waals surface area (Å²) in [5.74, 6) is 0.902. The number of carbonyl (C=O) groups excluding carboxylic acids is 1. The second kappa shape index (κ2) is 12.6. The van der Waals surface area contributed by atoms with E-state index in [2.05, 4.69) is 39.8 Å². The minimum atomic E-state index is 0. The smallest absolute Gasteiger partial charge is 0.234 e. The predicted molar refractivity (Wildman–Crippen MR) is 112 cm³/mol. The molecule has 1 saturated heterocycles. The van der Waals surface area contributed by atoms with E-state index >= 15 is 0 Å². The van der Waals surface area contributed by atoms with Crippen LogP contribution in [0.4, 0.5) is 0 Å². The van der Waals surface area contributed by atoms with Crippen molar-refractivity contribution in [3.05, 3.63) is 35.4 Å². The molecule has 1 heterocycles. The monoisotopic (exact) mass is 401 g/mol. The number of likely N-dealkylation sites (tertiary alicyclic amines) is 1. The van der Waals surface area contributed by atoms with Crippen molar-refractivity contribution < 1.29 is 4.79 Å². The normalized spacial score (nSPS) is 17.5. The van der Waals surface area contributed by atoms with E-state index in [1.165, 1.54) is 62.7 Å². The SMILES string of the molecule is Cl.Cl.O=C(CNCC1CC1)NCc1ccc(CN2CCCCCC2)cc1. The summed E-state index contributed by atoms with van der Waals surface area (Å²) in [5, 5.41) is 6.22. The number of rotatable bonds is 8. The second-order valence-electron chi connectivity index (χ2n) is 7.36. The molecule has 2 N–H and O–H groups in total. The van der Waals surface area contributed by atoms with Crippen LogP contribution in [-0.2, 0) is 17.9 Å². The van der Waals surface area contributed by atoms with Crippen LogP contribution in [0.5, 0.6) is 0 Å². The zero-order valence-corrected chi connectivity index (χ0v) is 17.2. The van der Waals surface area contributed by atoms with Gasteiger partial charge < -0.3 is 10.6 Å². The molecule has 2 aliphatic rings. The Balaban J connectivity index is 0.00000169. The molecule has 0 bridgehead atoms. The zero-order chi connectivity index (χ0) is 16.6. The highest BCUT2D eigenvalue weighted by molar-refractivity contribution is 5.85. The molecular weight excluding hydrogens is 369 g/mol. The molecule has 1 amide bonds. The van der Waals surface area contributed by atoms with Gasteiger partial charge in [0.05, 0.1) is 6.54 Å².